The summed E-state index contributed by atoms with van der Waals surface area (Å²) in [5.74, 6) is -2.78. The molecular formula is C34H51N5O7. The van der Waals surface area contributed by atoms with E-state index in [1.54, 1.807) is 4.90 Å². The third kappa shape index (κ3) is 6.01. The van der Waals surface area contributed by atoms with Crippen molar-refractivity contribution in [2.24, 2.45) is 46.7 Å². The van der Waals surface area contributed by atoms with Gasteiger partial charge in [-0.2, -0.15) is 0 Å². The summed E-state index contributed by atoms with van der Waals surface area (Å²) in [6.07, 6.45) is 11.4. The smallest absolute Gasteiger partial charge is 0.329 e. The second-order valence-corrected chi connectivity index (χ2v) is 15.9. The van der Waals surface area contributed by atoms with Gasteiger partial charge in [0.2, 0.25) is 17.6 Å². The zero-order chi connectivity index (χ0) is 33.0. The number of amides is 5. The molecule has 0 aromatic carbocycles. The molecule has 7 atom stereocenters. The molecule has 6 aliphatic rings. The maximum atomic E-state index is 14.6. The van der Waals surface area contributed by atoms with Crippen molar-refractivity contribution in [1.29, 1.82) is 0 Å². The van der Waals surface area contributed by atoms with Crippen molar-refractivity contribution in [2.75, 3.05) is 6.54 Å². The molecule has 5 amide bonds. The molecule has 1 saturated heterocycles. The first-order chi connectivity index (χ1) is 21.8. The van der Waals surface area contributed by atoms with Gasteiger partial charge in [0.05, 0.1) is 6.04 Å². The third-order valence-electron chi connectivity index (χ3n) is 13.0. The SMILES string of the molecule is CC1(C)[C@@H]2[C@@H](C(=O)NC(CC3CCC3)C(=O)C(N)=O)N(C(=O)[C@@H](NC(=O)NC3(C(=O)O)CCCC3)C3CC4CCCCC4C3)C[C@@H]21. The van der Waals surface area contributed by atoms with Crippen LogP contribution in [0.25, 0.3) is 0 Å². The van der Waals surface area contributed by atoms with E-state index in [0.29, 0.717) is 50.5 Å². The molecule has 6 N–H and O–H groups in total. The fourth-order valence-electron chi connectivity index (χ4n) is 9.91. The van der Waals surface area contributed by atoms with Gasteiger partial charge in [-0.15, -0.1) is 0 Å². The lowest BCUT2D eigenvalue weighted by Gasteiger charge is -2.36. The van der Waals surface area contributed by atoms with Gasteiger partial charge < -0.3 is 31.7 Å². The molecule has 12 nitrogen and oxygen atoms in total. The van der Waals surface area contributed by atoms with E-state index in [0.717, 1.165) is 57.8 Å². The van der Waals surface area contributed by atoms with Crippen LogP contribution in [-0.4, -0.2) is 75.7 Å². The molecule has 0 radical (unpaired) electrons. The second kappa shape index (κ2) is 12.4. The Bertz CT molecular complexity index is 1260. The summed E-state index contributed by atoms with van der Waals surface area (Å²) < 4.78 is 0. The fraction of sp³-hybridized carbons (Fsp3) is 0.824. The fourth-order valence-corrected chi connectivity index (χ4v) is 9.91. The van der Waals surface area contributed by atoms with E-state index in [-0.39, 0.29) is 35.0 Å². The molecule has 6 fully saturated rings. The van der Waals surface area contributed by atoms with E-state index in [2.05, 4.69) is 29.8 Å². The standard InChI is InChI=1S/C34H51N5O7/c1-33(2)22-17-39(26(24(22)33)29(42)36-23(27(40)28(35)41)14-18-8-7-9-18)30(43)25(21-15-19-10-3-4-11-20(19)16-21)37-32(46)38-34(31(44)45)12-5-6-13-34/h18-26H,3-17H2,1-2H3,(H2,35,41)(H,36,42)(H,44,45)(H2,37,38,46)/t19?,20?,21?,22-,23?,24-,25-,26-/m0/s1. The molecule has 12 heteroatoms. The Labute approximate surface area is 270 Å². The summed E-state index contributed by atoms with van der Waals surface area (Å²) in [6, 6.07) is -3.47. The molecule has 254 valence electrons. The minimum absolute atomic E-state index is 0.0820. The predicted octanol–water partition coefficient (Wildman–Crippen LogP) is 2.48. The van der Waals surface area contributed by atoms with E-state index in [1.807, 2.05) is 0 Å². The van der Waals surface area contributed by atoms with Crippen LogP contribution in [0, 0.1) is 40.9 Å². The highest BCUT2D eigenvalue weighted by Crippen LogP contribution is 2.65. The van der Waals surface area contributed by atoms with Gasteiger partial charge in [0.1, 0.15) is 17.6 Å². The molecule has 0 bridgehead atoms. The highest BCUT2D eigenvalue weighted by atomic mass is 16.4. The number of carbonyl (C=O) groups excluding carboxylic acids is 5. The largest absolute Gasteiger partial charge is 0.480 e. The van der Waals surface area contributed by atoms with E-state index < -0.39 is 53.3 Å². The lowest BCUT2D eigenvalue weighted by atomic mass is 9.80. The lowest BCUT2D eigenvalue weighted by Crippen LogP contribution is -2.62. The average molecular weight is 642 g/mol. The number of nitrogens with one attached hydrogen (secondary N) is 3. The number of piperidine rings is 1. The topological polar surface area (TPSA) is 188 Å². The summed E-state index contributed by atoms with van der Waals surface area (Å²) >= 11 is 0. The summed E-state index contributed by atoms with van der Waals surface area (Å²) in [4.78, 5) is 80.6. The molecule has 46 heavy (non-hydrogen) atoms. The number of likely N-dealkylation sites (tertiary alicyclic amines) is 1. The third-order valence-corrected chi connectivity index (χ3v) is 13.0. The number of carboxylic acids is 1. The molecule has 6 rings (SSSR count). The van der Waals surface area contributed by atoms with Crippen molar-refractivity contribution in [2.45, 2.75) is 127 Å². The van der Waals surface area contributed by atoms with Crippen molar-refractivity contribution in [3.63, 3.8) is 0 Å². The quantitative estimate of drug-likeness (QED) is 0.214. The van der Waals surface area contributed by atoms with Crippen LogP contribution in [0.4, 0.5) is 4.79 Å². The van der Waals surface area contributed by atoms with Crippen LogP contribution < -0.4 is 21.7 Å². The summed E-state index contributed by atoms with van der Waals surface area (Å²) in [6.45, 7) is 4.50. The van der Waals surface area contributed by atoms with Gasteiger partial charge in [0.15, 0.2) is 0 Å². The number of urea groups is 1. The second-order valence-electron chi connectivity index (χ2n) is 15.9. The monoisotopic (exact) mass is 641 g/mol. The Balaban J connectivity index is 1.24. The first-order valence-electron chi connectivity index (χ1n) is 17.6. The zero-order valence-corrected chi connectivity index (χ0v) is 27.2. The Kier molecular flexibility index (Phi) is 8.86. The van der Waals surface area contributed by atoms with Crippen molar-refractivity contribution in [3.05, 3.63) is 0 Å². The molecule has 5 aliphatic carbocycles. The van der Waals surface area contributed by atoms with Crippen LogP contribution >= 0.6 is 0 Å². The lowest BCUT2D eigenvalue weighted by molar-refractivity contribution is -0.144. The minimum atomic E-state index is -1.36. The van der Waals surface area contributed by atoms with Crippen molar-refractivity contribution >= 4 is 35.5 Å². The summed E-state index contributed by atoms with van der Waals surface area (Å²) in [7, 11) is 0. The number of carboxylic acid groups (broad SMARTS) is 1. The first-order valence-corrected chi connectivity index (χ1v) is 17.6. The van der Waals surface area contributed by atoms with Gasteiger partial charge in [0, 0.05) is 6.54 Å². The van der Waals surface area contributed by atoms with Crippen LogP contribution in [0.5, 0.6) is 0 Å². The highest BCUT2D eigenvalue weighted by Gasteiger charge is 2.70. The number of hydrogen-bond donors (Lipinski definition) is 5. The van der Waals surface area contributed by atoms with Crippen LogP contribution in [0.15, 0.2) is 0 Å². The summed E-state index contributed by atoms with van der Waals surface area (Å²) in [5.41, 5.74) is 3.82. The van der Waals surface area contributed by atoms with E-state index in [1.165, 1.54) is 0 Å². The van der Waals surface area contributed by atoms with Crippen LogP contribution in [0.3, 0.4) is 0 Å². The number of fused-ring (bicyclic) bond motifs is 2. The number of carbonyl (C=O) groups is 6. The van der Waals surface area contributed by atoms with Crippen LogP contribution in [0.2, 0.25) is 0 Å². The van der Waals surface area contributed by atoms with Gasteiger partial charge in [-0.3, -0.25) is 19.2 Å². The molecule has 0 aromatic heterocycles. The predicted molar refractivity (Wildman–Crippen MR) is 167 cm³/mol. The number of rotatable bonds is 11. The average Bonchev–Trinajstić information content (AvgIpc) is 3.53. The number of aliphatic carboxylic acids is 1. The van der Waals surface area contributed by atoms with Crippen molar-refractivity contribution < 1.29 is 33.9 Å². The Morgan fingerprint density at radius 3 is 2.07 bits per heavy atom. The minimum Gasteiger partial charge on any atom is -0.480 e. The molecule has 0 aromatic rings. The number of primary amides is 1. The van der Waals surface area contributed by atoms with E-state index >= 15 is 0 Å². The first kappa shape index (κ1) is 32.7. The Hall–Kier alpha value is -3.18. The number of ketones is 1. The van der Waals surface area contributed by atoms with E-state index in [4.69, 9.17) is 5.73 Å². The van der Waals surface area contributed by atoms with Crippen LogP contribution in [0.1, 0.15) is 104 Å². The molecule has 3 unspecified atom stereocenters. The maximum Gasteiger partial charge on any atom is 0.329 e. The highest BCUT2D eigenvalue weighted by molar-refractivity contribution is 6.37. The van der Waals surface area contributed by atoms with Gasteiger partial charge in [0.25, 0.3) is 5.91 Å². The molecule has 1 aliphatic heterocycles. The Morgan fingerprint density at radius 2 is 1.52 bits per heavy atom. The number of nitrogens with two attached hydrogens (primary N) is 1. The molecular weight excluding hydrogens is 590 g/mol. The van der Waals surface area contributed by atoms with E-state index in [9.17, 15) is 33.9 Å². The zero-order valence-electron chi connectivity index (χ0n) is 27.2. The van der Waals surface area contributed by atoms with Crippen molar-refractivity contribution in [1.82, 2.24) is 20.9 Å². The van der Waals surface area contributed by atoms with Gasteiger partial charge in [-0.25, -0.2) is 9.59 Å². The maximum absolute atomic E-state index is 14.6. The number of hydrogen-bond acceptors (Lipinski definition) is 6. The summed E-state index contributed by atoms with van der Waals surface area (Å²) in [5, 5.41) is 18.4. The normalized spacial score (nSPS) is 33.5. The number of nitrogens with zero attached hydrogens (tertiary/aromatic N) is 1. The van der Waals surface area contributed by atoms with Gasteiger partial charge in [-0.05, 0) is 73.0 Å². The van der Waals surface area contributed by atoms with Gasteiger partial charge >= 0.3 is 12.0 Å². The number of Topliss-reactive ketones (excluding diaryl/α,β-unsaturated/α-hetero) is 1. The van der Waals surface area contributed by atoms with Gasteiger partial charge in [-0.1, -0.05) is 71.6 Å². The molecule has 1 heterocycles. The Morgan fingerprint density at radius 1 is 0.891 bits per heavy atom. The van der Waals surface area contributed by atoms with Crippen molar-refractivity contribution in [3.8, 4) is 0 Å². The molecule has 0 spiro atoms. The van der Waals surface area contributed by atoms with Crippen LogP contribution in [-0.2, 0) is 24.0 Å². The molecule has 5 saturated carbocycles.